The van der Waals surface area contributed by atoms with Gasteiger partial charge in [-0.1, -0.05) is 158 Å². The van der Waals surface area contributed by atoms with E-state index < -0.39 is 0 Å². The monoisotopic (exact) mass is 1100 g/mol. The number of benzene rings is 10. The summed E-state index contributed by atoms with van der Waals surface area (Å²) in [5.74, 6) is 0. The maximum Gasteiger partial charge on any atom is 0.163 e. The van der Waals surface area contributed by atoms with E-state index in [9.17, 15) is 0 Å². The highest BCUT2D eigenvalue weighted by Crippen LogP contribution is 2.51. The fourth-order valence-electron chi connectivity index (χ4n) is 14.6. The van der Waals surface area contributed by atoms with Gasteiger partial charge in [0.25, 0.3) is 0 Å². The van der Waals surface area contributed by atoms with Gasteiger partial charge in [-0.2, -0.15) is 0 Å². The first-order valence-corrected chi connectivity index (χ1v) is 29.1. The van der Waals surface area contributed by atoms with Crippen molar-refractivity contribution in [1.29, 1.82) is 0 Å². The molecule has 0 aliphatic heterocycles. The molecule has 10 aromatic carbocycles. The summed E-state index contributed by atoms with van der Waals surface area (Å²) in [7, 11) is 0. The Morgan fingerprint density at radius 2 is 0.488 bits per heavy atom. The van der Waals surface area contributed by atoms with Crippen LogP contribution in [0.1, 0.15) is 0 Å². The first-order valence-electron chi connectivity index (χ1n) is 29.1. The largest absolute Gasteiger partial charge is 0.308 e. The van der Waals surface area contributed by atoms with Crippen LogP contribution in [-0.4, -0.2) is 47.0 Å². The van der Waals surface area contributed by atoms with Gasteiger partial charge in [0.1, 0.15) is 11.0 Å². The fraction of sp³-hybridized carbons (Fsp3) is 0. The van der Waals surface area contributed by atoms with E-state index in [1.54, 1.807) is 0 Å². The van der Waals surface area contributed by atoms with Gasteiger partial charge in [-0.05, 0) is 84.9 Å². The third-order valence-electron chi connectivity index (χ3n) is 17.8. The van der Waals surface area contributed by atoms with Crippen LogP contribution < -0.4 is 0 Å². The van der Waals surface area contributed by atoms with Crippen molar-refractivity contribution in [1.82, 2.24) is 47.0 Å². The molecule has 20 rings (SSSR count). The molecule has 10 nitrogen and oxygen atoms in total. The minimum absolute atomic E-state index is 0.864. The van der Waals surface area contributed by atoms with Crippen molar-refractivity contribution in [3.63, 3.8) is 0 Å². The average Bonchev–Trinajstić information content (AvgIpc) is 1.60. The number of pyridine rings is 4. The highest BCUT2D eigenvalue weighted by atomic mass is 15.1. The van der Waals surface area contributed by atoms with Crippen molar-refractivity contribution < 1.29 is 0 Å². The zero-order chi connectivity index (χ0) is 56.1. The Hall–Kier alpha value is -11.9. The number of hydrogen-bond acceptors (Lipinski definition) is 4. The molecule has 86 heavy (non-hydrogen) atoms. The molecule has 0 saturated heterocycles. The molecule has 0 aliphatic rings. The van der Waals surface area contributed by atoms with E-state index in [0.29, 0.717) is 0 Å². The van der Waals surface area contributed by atoms with Crippen molar-refractivity contribution in [2.45, 2.75) is 0 Å². The van der Waals surface area contributed by atoms with E-state index in [-0.39, 0.29) is 0 Å². The lowest BCUT2D eigenvalue weighted by Crippen LogP contribution is -2.00. The van der Waals surface area contributed by atoms with Crippen LogP contribution in [0.2, 0.25) is 0 Å². The van der Waals surface area contributed by atoms with Gasteiger partial charge in [-0.3, -0.25) is 18.8 Å². The van der Waals surface area contributed by atoms with Crippen molar-refractivity contribution in [3.8, 4) is 22.7 Å². The minimum atomic E-state index is 0.864. The van der Waals surface area contributed by atoms with E-state index in [1.807, 2.05) is 36.9 Å². The van der Waals surface area contributed by atoms with Crippen LogP contribution in [0.25, 0.3) is 165 Å². The van der Waals surface area contributed by atoms with Crippen LogP contribution in [0.4, 0.5) is 0 Å². The molecule has 0 saturated carbocycles. The third-order valence-corrected chi connectivity index (χ3v) is 17.8. The molecule has 10 heterocycles. The molecule has 0 amide bonds. The topological polar surface area (TPSA) is 80.1 Å². The van der Waals surface area contributed by atoms with Gasteiger partial charge in [0.2, 0.25) is 0 Å². The van der Waals surface area contributed by atoms with Gasteiger partial charge in [0.15, 0.2) is 11.3 Å². The summed E-state index contributed by atoms with van der Waals surface area (Å²) >= 11 is 0. The summed E-state index contributed by atoms with van der Waals surface area (Å²) < 4.78 is 14.3. The van der Waals surface area contributed by atoms with Crippen LogP contribution in [0, 0.1) is 0 Å². The van der Waals surface area contributed by atoms with Crippen LogP contribution in [-0.2, 0) is 0 Å². The smallest absolute Gasteiger partial charge is 0.163 e. The van der Waals surface area contributed by atoms with Crippen molar-refractivity contribution in [2.75, 3.05) is 0 Å². The Labute approximate surface area is 489 Å². The highest BCUT2D eigenvalue weighted by molar-refractivity contribution is 6.41. The second-order valence-electron chi connectivity index (χ2n) is 22.1. The van der Waals surface area contributed by atoms with E-state index >= 15 is 0 Å². The summed E-state index contributed by atoms with van der Waals surface area (Å²) in [6.07, 6.45) is 11.7. The number of nitrogens with zero attached hydrogens (tertiary/aromatic N) is 10. The van der Waals surface area contributed by atoms with Crippen LogP contribution in [0.5, 0.6) is 0 Å². The predicted molar refractivity (Wildman–Crippen MR) is 353 cm³/mol. The van der Waals surface area contributed by atoms with Gasteiger partial charge < -0.3 is 18.3 Å². The lowest BCUT2D eigenvalue weighted by Gasteiger charge is -2.15. The molecule has 400 valence electrons. The van der Waals surface area contributed by atoms with Gasteiger partial charge in [0.05, 0.1) is 55.2 Å². The average molecular weight is 1100 g/mol. The summed E-state index contributed by atoms with van der Waals surface area (Å²) in [6, 6.07) is 86.5. The normalized spacial score (nSPS) is 12.2. The summed E-state index contributed by atoms with van der Waals surface area (Å²) in [5, 5.41) is 14.3. The Morgan fingerprint density at radius 1 is 0.209 bits per heavy atom. The van der Waals surface area contributed by atoms with E-state index in [4.69, 9.17) is 19.9 Å². The van der Waals surface area contributed by atoms with E-state index in [0.717, 1.165) is 66.9 Å². The van der Waals surface area contributed by atoms with E-state index in [2.05, 4.69) is 270 Å². The molecular weight excluding hydrogens is 1050 g/mol. The van der Waals surface area contributed by atoms with Crippen molar-refractivity contribution in [3.05, 3.63) is 280 Å². The molecule has 0 radical (unpaired) electrons. The number of imidazole rings is 2. The Kier molecular flexibility index (Phi) is 9.67. The lowest BCUT2D eigenvalue weighted by molar-refractivity contribution is 1.15. The highest BCUT2D eigenvalue weighted by Gasteiger charge is 2.30. The molecular formula is C76H46N10. The first-order chi connectivity index (χ1) is 42.8. The number of hydrogen-bond donors (Lipinski definition) is 0. The standard InChI is InChI=1S/2C38H23N5/c1-3-12-24(13-4-1)42-29-19-9-7-16-26(29)31-32-28-18-11-21-39-34(28)38-40-22-23-41(38)35(32)33-27-17-8-10-20-30(27)43(37(33)36(31)42)25-14-5-2-6-15-25;1-3-12-24(13-4-1)42-29-19-9-7-16-26(29)31-35-33(28-18-11-21-39-34(28)38-40-22-23-41(35)38)37-32(36(31)42)27-17-8-10-20-30(27)43(37)25-14-5-2-6-15-25/h2*1-23H. The number of para-hydroxylation sites is 8. The summed E-state index contributed by atoms with van der Waals surface area (Å²) in [4.78, 5) is 19.4. The Balaban J connectivity index is 0.000000126. The molecule has 0 N–H and O–H groups in total. The van der Waals surface area contributed by atoms with Crippen molar-refractivity contribution in [2.24, 2.45) is 0 Å². The molecule has 20 aromatic rings. The number of aromatic nitrogens is 10. The second-order valence-corrected chi connectivity index (χ2v) is 22.1. The molecule has 0 atom stereocenters. The van der Waals surface area contributed by atoms with Crippen LogP contribution in [0.15, 0.2) is 280 Å². The van der Waals surface area contributed by atoms with E-state index in [1.165, 1.54) is 98.0 Å². The first kappa shape index (κ1) is 46.7. The number of fused-ring (bicyclic) bond motifs is 30. The molecule has 0 unspecified atom stereocenters. The molecule has 10 aromatic heterocycles. The molecule has 0 fully saturated rings. The second kappa shape index (κ2) is 17.8. The fourth-order valence-corrected chi connectivity index (χ4v) is 14.6. The molecule has 0 aliphatic carbocycles. The van der Waals surface area contributed by atoms with Crippen molar-refractivity contribution >= 4 is 142 Å². The number of rotatable bonds is 4. The van der Waals surface area contributed by atoms with Gasteiger partial charge in [0, 0.05) is 125 Å². The summed E-state index contributed by atoms with van der Waals surface area (Å²) in [5.41, 5.74) is 19.7. The minimum Gasteiger partial charge on any atom is -0.308 e. The summed E-state index contributed by atoms with van der Waals surface area (Å²) in [6.45, 7) is 0. The van der Waals surface area contributed by atoms with Gasteiger partial charge in [-0.15, -0.1) is 0 Å². The molecule has 0 spiro atoms. The Morgan fingerprint density at radius 3 is 0.907 bits per heavy atom. The quantitative estimate of drug-likeness (QED) is 0.165. The third kappa shape index (κ3) is 6.22. The van der Waals surface area contributed by atoms with Gasteiger partial charge in [-0.25, -0.2) is 9.97 Å². The van der Waals surface area contributed by atoms with Crippen LogP contribution in [0.3, 0.4) is 0 Å². The zero-order valence-corrected chi connectivity index (χ0v) is 46.0. The predicted octanol–water partition coefficient (Wildman–Crippen LogP) is 18.5. The SMILES string of the molecule is c1ccc(-n2c3ccccc3c3c2c2c4cccnc4c4nccn4c2c2c4ccccc4n(-c4ccccc4)c32)cc1.c1ccc(-n2c3ccccc3c3c4c5cccnc5c5nccn5c4c4c5ccccc5n(-c5ccccc5)c4c32)cc1. The van der Waals surface area contributed by atoms with Gasteiger partial charge >= 0.3 is 0 Å². The Bertz CT molecular complexity index is 6180. The molecule has 0 bridgehead atoms. The van der Waals surface area contributed by atoms with Crippen LogP contribution >= 0.6 is 0 Å². The lowest BCUT2D eigenvalue weighted by atomic mass is 9.98. The molecule has 10 heteroatoms. The zero-order valence-electron chi connectivity index (χ0n) is 46.0. The maximum atomic E-state index is 4.89. The maximum absolute atomic E-state index is 4.89.